The fourth-order valence-corrected chi connectivity index (χ4v) is 2.75. The van der Waals surface area contributed by atoms with E-state index < -0.39 is 12.0 Å². The van der Waals surface area contributed by atoms with E-state index in [1.807, 2.05) is 6.92 Å². The summed E-state index contributed by atoms with van der Waals surface area (Å²) in [6, 6.07) is -0.852. The van der Waals surface area contributed by atoms with Crippen molar-refractivity contribution in [1.29, 1.82) is 0 Å². The Hall–Kier alpha value is -1.17. The Morgan fingerprint density at radius 1 is 1.47 bits per heavy atom. The SMILES string of the molecule is CCCCNC(=O)C1C2CCC(O2)C1[N+](=O)[O-]. The fourth-order valence-electron chi connectivity index (χ4n) is 2.75. The van der Waals surface area contributed by atoms with Gasteiger partial charge in [-0.05, 0) is 19.3 Å². The van der Waals surface area contributed by atoms with Gasteiger partial charge in [-0.3, -0.25) is 14.9 Å². The number of nitrogens with one attached hydrogen (secondary N) is 1. The number of unbranched alkanes of at least 4 members (excludes halogenated alkanes) is 1. The third kappa shape index (κ3) is 2.26. The van der Waals surface area contributed by atoms with Crippen molar-refractivity contribution in [3.8, 4) is 0 Å². The van der Waals surface area contributed by atoms with Gasteiger partial charge in [0.15, 0.2) is 0 Å². The molecule has 0 saturated carbocycles. The summed E-state index contributed by atoms with van der Waals surface area (Å²) < 4.78 is 5.48. The molecule has 2 heterocycles. The predicted molar refractivity (Wildman–Crippen MR) is 60.1 cm³/mol. The molecule has 2 saturated heterocycles. The lowest BCUT2D eigenvalue weighted by atomic mass is 9.84. The molecule has 96 valence electrons. The molecule has 0 aromatic rings. The van der Waals surface area contributed by atoms with Crippen LogP contribution in [0.3, 0.4) is 0 Å². The minimum Gasteiger partial charge on any atom is -0.367 e. The summed E-state index contributed by atoms with van der Waals surface area (Å²) in [5, 5.41) is 13.8. The van der Waals surface area contributed by atoms with E-state index in [2.05, 4.69) is 5.32 Å². The third-order valence-electron chi connectivity index (χ3n) is 3.61. The van der Waals surface area contributed by atoms with Crippen LogP contribution in [0.2, 0.25) is 0 Å². The molecule has 0 aliphatic carbocycles. The maximum Gasteiger partial charge on any atom is 0.252 e. The molecule has 2 aliphatic rings. The Morgan fingerprint density at radius 2 is 2.18 bits per heavy atom. The van der Waals surface area contributed by atoms with Crippen molar-refractivity contribution in [1.82, 2.24) is 5.32 Å². The van der Waals surface area contributed by atoms with Crippen molar-refractivity contribution >= 4 is 5.91 Å². The first-order valence-corrected chi connectivity index (χ1v) is 6.21. The molecular formula is C11H18N2O4. The molecule has 2 fully saturated rings. The first-order valence-electron chi connectivity index (χ1n) is 6.21. The van der Waals surface area contributed by atoms with E-state index >= 15 is 0 Å². The topological polar surface area (TPSA) is 81.5 Å². The van der Waals surface area contributed by atoms with Gasteiger partial charge in [-0.15, -0.1) is 0 Å². The van der Waals surface area contributed by atoms with Gasteiger partial charge >= 0.3 is 0 Å². The molecule has 0 radical (unpaired) electrons. The van der Waals surface area contributed by atoms with Gasteiger partial charge in [0.1, 0.15) is 12.0 Å². The molecule has 0 spiro atoms. The van der Waals surface area contributed by atoms with Crippen LogP contribution in [0.5, 0.6) is 0 Å². The van der Waals surface area contributed by atoms with E-state index in [1.54, 1.807) is 0 Å². The highest BCUT2D eigenvalue weighted by molar-refractivity contribution is 5.80. The van der Waals surface area contributed by atoms with Crippen LogP contribution < -0.4 is 5.32 Å². The minimum absolute atomic E-state index is 0.215. The van der Waals surface area contributed by atoms with Crippen LogP contribution in [0.15, 0.2) is 0 Å². The highest BCUT2D eigenvalue weighted by Gasteiger charge is 2.58. The molecule has 0 aromatic heterocycles. The molecular weight excluding hydrogens is 224 g/mol. The molecule has 4 atom stereocenters. The van der Waals surface area contributed by atoms with Crippen LogP contribution in [-0.2, 0) is 9.53 Å². The number of ether oxygens (including phenoxy) is 1. The van der Waals surface area contributed by atoms with E-state index in [9.17, 15) is 14.9 Å². The van der Waals surface area contributed by atoms with Crippen molar-refractivity contribution in [2.75, 3.05) is 6.54 Å². The largest absolute Gasteiger partial charge is 0.367 e. The van der Waals surface area contributed by atoms with Gasteiger partial charge in [-0.1, -0.05) is 13.3 Å². The fraction of sp³-hybridized carbons (Fsp3) is 0.909. The van der Waals surface area contributed by atoms with E-state index in [0.29, 0.717) is 13.0 Å². The zero-order chi connectivity index (χ0) is 12.4. The Morgan fingerprint density at radius 3 is 2.82 bits per heavy atom. The molecule has 0 aromatic carbocycles. The zero-order valence-corrected chi connectivity index (χ0v) is 9.93. The molecule has 6 heteroatoms. The van der Waals surface area contributed by atoms with Crippen LogP contribution in [0.4, 0.5) is 0 Å². The summed E-state index contributed by atoms with van der Waals surface area (Å²) in [7, 11) is 0. The van der Waals surface area contributed by atoms with Crippen LogP contribution in [-0.4, -0.2) is 35.6 Å². The zero-order valence-electron chi connectivity index (χ0n) is 9.93. The standard InChI is InChI=1S/C11H18N2O4/c1-2-3-6-12-11(14)9-7-4-5-8(17-7)10(9)13(15)16/h7-10H,2-6H2,1H3,(H,12,14). The molecule has 2 bridgehead atoms. The Balaban J connectivity index is 1.98. The molecule has 4 unspecified atom stereocenters. The van der Waals surface area contributed by atoms with Gasteiger partial charge in [0.2, 0.25) is 5.91 Å². The first kappa shape index (κ1) is 12.3. The molecule has 1 N–H and O–H groups in total. The van der Waals surface area contributed by atoms with Crippen LogP contribution in [0.1, 0.15) is 32.6 Å². The summed E-state index contributed by atoms with van der Waals surface area (Å²) in [6.07, 6.45) is 2.74. The average molecular weight is 242 g/mol. The van der Waals surface area contributed by atoms with Crippen LogP contribution in [0, 0.1) is 16.0 Å². The number of nitrogens with zero attached hydrogens (tertiary/aromatic N) is 1. The van der Waals surface area contributed by atoms with Crippen molar-refractivity contribution in [3.63, 3.8) is 0 Å². The van der Waals surface area contributed by atoms with Crippen molar-refractivity contribution < 1.29 is 14.5 Å². The number of hydrogen-bond donors (Lipinski definition) is 1. The van der Waals surface area contributed by atoms with E-state index in [1.165, 1.54) is 0 Å². The van der Waals surface area contributed by atoms with Crippen molar-refractivity contribution in [2.24, 2.45) is 5.92 Å². The monoisotopic (exact) mass is 242 g/mol. The van der Waals surface area contributed by atoms with Gasteiger partial charge in [-0.25, -0.2) is 0 Å². The summed E-state index contributed by atoms with van der Waals surface area (Å²) in [6.45, 7) is 2.63. The van der Waals surface area contributed by atoms with Crippen LogP contribution in [0.25, 0.3) is 0 Å². The molecule has 2 aliphatic heterocycles. The van der Waals surface area contributed by atoms with Gasteiger partial charge in [0.05, 0.1) is 6.10 Å². The summed E-state index contributed by atoms with van der Waals surface area (Å²) in [5.41, 5.74) is 0. The Kier molecular flexibility index (Phi) is 3.61. The maximum atomic E-state index is 11.9. The normalized spacial score (nSPS) is 34.9. The maximum absolute atomic E-state index is 11.9. The van der Waals surface area contributed by atoms with Gasteiger partial charge in [0.25, 0.3) is 6.04 Å². The van der Waals surface area contributed by atoms with Gasteiger partial charge < -0.3 is 10.1 Å². The summed E-state index contributed by atoms with van der Waals surface area (Å²) >= 11 is 0. The number of hydrogen-bond acceptors (Lipinski definition) is 4. The van der Waals surface area contributed by atoms with E-state index in [-0.39, 0.29) is 23.0 Å². The summed E-state index contributed by atoms with van der Waals surface area (Å²) in [4.78, 5) is 22.6. The van der Waals surface area contributed by atoms with Gasteiger partial charge in [0, 0.05) is 11.5 Å². The second-order valence-electron chi connectivity index (χ2n) is 4.74. The summed E-state index contributed by atoms with van der Waals surface area (Å²) in [5.74, 6) is -0.812. The third-order valence-corrected chi connectivity index (χ3v) is 3.61. The molecule has 17 heavy (non-hydrogen) atoms. The average Bonchev–Trinajstić information content (AvgIpc) is 2.88. The van der Waals surface area contributed by atoms with E-state index in [4.69, 9.17) is 4.74 Å². The number of fused-ring (bicyclic) bond motifs is 2. The first-order chi connectivity index (χ1) is 8.15. The second-order valence-corrected chi connectivity index (χ2v) is 4.74. The molecule has 1 amide bonds. The lowest BCUT2D eigenvalue weighted by Crippen LogP contribution is -2.47. The quantitative estimate of drug-likeness (QED) is 0.437. The number of carbonyl (C=O) groups excluding carboxylic acids is 1. The Bertz CT molecular complexity index is 321. The molecule has 2 rings (SSSR count). The lowest BCUT2D eigenvalue weighted by molar-refractivity contribution is -0.532. The van der Waals surface area contributed by atoms with Crippen molar-refractivity contribution in [2.45, 2.75) is 50.9 Å². The second kappa shape index (κ2) is 5.00. The highest BCUT2D eigenvalue weighted by atomic mass is 16.6. The number of amides is 1. The number of nitro groups is 1. The predicted octanol–water partition coefficient (Wildman–Crippen LogP) is 0.725. The minimum atomic E-state index is -0.852. The Labute approximate surface area is 99.9 Å². The highest BCUT2D eigenvalue weighted by Crippen LogP contribution is 2.40. The van der Waals surface area contributed by atoms with Crippen molar-refractivity contribution in [3.05, 3.63) is 10.1 Å². The van der Waals surface area contributed by atoms with Gasteiger partial charge in [-0.2, -0.15) is 0 Å². The van der Waals surface area contributed by atoms with E-state index in [0.717, 1.165) is 19.3 Å². The smallest absolute Gasteiger partial charge is 0.252 e. The number of rotatable bonds is 5. The lowest BCUT2D eigenvalue weighted by Gasteiger charge is -2.21. The van der Waals surface area contributed by atoms with Crippen LogP contribution >= 0.6 is 0 Å². The molecule has 6 nitrogen and oxygen atoms in total. The number of carbonyl (C=O) groups is 1.